The third-order valence-electron chi connectivity index (χ3n) is 3.89. The van der Waals surface area contributed by atoms with Crippen LogP contribution in [0.3, 0.4) is 0 Å². The zero-order valence-electron chi connectivity index (χ0n) is 14.2. The molecule has 1 saturated heterocycles. The Bertz CT molecular complexity index is 436. The van der Waals surface area contributed by atoms with E-state index in [9.17, 15) is 14.4 Å². The lowest BCUT2D eigenvalue weighted by Crippen LogP contribution is -2.53. The van der Waals surface area contributed by atoms with Gasteiger partial charge in [0.1, 0.15) is 0 Å². The lowest BCUT2D eigenvalue weighted by atomic mass is 9.86. The molecule has 1 rings (SSSR count). The van der Waals surface area contributed by atoms with E-state index in [1.807, 2.05) is 20.8 Å². The molecule has 0 atom stereocenters. The topological polar surface area (TPSA) is 105 Å². The van der Waals surface area contributed by atoms with Gasteiger partial charge in [-0.05, 0) is 19.3 Å². The Morgan fingerprint density at radius 2 is 1.78 bits per heavy atom. The summed E-state index contributed by atoms with van der Waals surface area (Å²) >= 11 is 0. The first-order valence-corrected chi connectivity index (χ1v) is 8.03. The minimum absolute atomic E-state index is 0.0512. The number of rotatable bonds is 7. The number of carboxylic acid groups (broad SMARTS) is 1. The Balaban J connectivity index is 2.38. The van der Waals surface area contributed by atoms with Gasteiger partial charge in [0.15, 0.2) is 0 Å². The van der Waals surface area contributed by atoms with Crippen LogP contribution < -0.4 is 10.6 Å². The molecule has 7 heteroatoms. The van der Waals surface area contributed by atoms with Gasteiger partial charge in [-0.3, -0.25) is 14.4 Å². The third kappa shape index (κ3) is 6.99. The summed E-state index contributed by atoms with van der Waals surface area (Å²) in [6.45, 7) is 6.82. The maximum absolute atomic E-state index is 12.1. The largest absolute Gasteiger partial charge is 0.481 e. The third-order valence-corrected chi connectivity index (χ3v) is 3.89. The van der Waals surface area contributed by atoms with E-state index in [0.29, 0.717) is 39.0 Å². The second-order valence-electron chi connectivity index (χ2n) is 7.12. The van der Waals surface area contributed by atoms with Crippen LogP contribution in [-0.4, -0.2) is 48.2 Å². The number of amides is 2. The number of carboxylic acids is 1. The Labute approximate surface area is 137 Å². The van der Waals surface area contributed by atoms with Crippen LogP contribution in [-0.2, 0) is 19.1 Å². The lowest BCUT2D eigenvalue weighted by molar-refractivity contribution is -0.140. The molecule has 2 amide bonds. The number of carbonyl (C=O) groups is 3. The van der Waals surface area contributed by atoms with Crippen LogP contribution in [0.15, 0.2) is 0 Å². The molecule has 0 aromatic rings. The number of ether oxygens (including phenoxy) is 1. The molecule has 0 saturated carbocycles. The molecule has 132 valence electrons. The SMILES string of the molecule is CC(C)(C)C(=O)NCCCC(=O)NC1(CC(=O)O)CCOCC1. The van der Waals surface area contributed by atoms with Crippen molar-refractivity contribution in [3.05, 3.63) is 0 Å². The Morgan fingerprint density at radius 1 is 1.17 bits per heavy atom. The molecule has 7 nitrogen and oxygen atoms in total. The highest BCUT2D eigenvalue weighted by Crippen LogP contribution is 2.24. The lowest BCUT2D eigenvalue weighted by Gasteiger charge is -2.36. The van der Waals surface area contributed by atoms with Crippen LogP contribution in [0.2, 0.25) is 0 Å². The predicted octanol–water partition coefficient (Wildman–Crippen LogP) is 1.07. The summed E-state index contributed by atoms with van der Waals surface area (Å²) in [5, 5.41) is 14.7. The van der Waals surface area contributed by atoms with Gasteiger partial charge in [0.05, 0.1) is 12.0 Å². The molecule has 0 aromatic heterocycles. The smallest absolute Gasteiger partial charge is 0.305 e. The maximum Gasteiger partial charge on any atom is 0.305 e. The quantitative estimate of drug-likeness (QED) is 0.606. The van der Waals surface area contributed by atoms with Crippen molar-refractivity contribution in [2.75, 3.05) is 19.8 Å². The van der Waals surface area contributed by atoms with Crippen LogP contribution in [0, 0.1) is 5.41 Å². The van der Waals surface area contributed by atoms with Crippen molar-refractivity contribution in [1.29, 1.82) is 0 Å². The van der Waals surface area contributed by atoms with Crippen LogP contribution in [0.4, 0.5) is 0 Å². The molecule has 0 aliphatic carbocycles. The molecule has 1 aliphatic rings. The first-order chi connectivity index (χ1) is 10.6. The summed E-state index contributed by atoms with van der Waals surface area (Å²) in [6.07, 6.45) is 1.69. The van der Waals surface area contributed by atoms with Gasteiger partial charge >= 0.3 is 5.97 Å². The molecular formula is C16H28N2O5. The minimum Gasteiger partial charge on any atom is -0.481 e. The van der Waals surface area contributed by atoms with Crippen LogP contribution in [0.5, 0.6) is 0 Å². The highest BCUT2D eigenvalue weighted by atomic mass is 16.5. The van der Waals surface area contributed by atoms with E-state index in [1.165, 1.54) is 0 Å². The van der Waals surface area contributed by atoms with E-state index in [2.05, 4.69) is 10.6 Å². The normalized spacial score (nSPS) is 17.3. The predicted molar refractivity (Wildman–Crippen MR) is 84.9 cm³/mol. The van der Waals surface area contributed by atoms with Crippen molar-refractivity contribution in [1.82, 2.24) is 10.6 Å². The van der Waals surface area contributed by atoms with Crippen molar-refractivity contribution < 1.29 is 24.2 Å². The average molecular weight is 328 g/mol. The minimum atomic E-state index is -0.926. The molecule has 3 N–H and O–H groups in total. The molecule has 0 aromatic carbocycles. The van der Waals surface area contributed by atoms with Crippen LogP contribution >= 0.6 is 0 Å². The number of hydrogen-bond acceptors (Lipinski definition) is 4. The summed E-state index contributed by atoms with van der Waals surface area (Å²) in [4.78, 5) is 34.8. The summed E-state index contributed by atoms with van der Waals surface area (Å²) in [5.74, 6) is -1.16. The molecule has 0 bridgehead atoms. The maximum atomic E-state index is 12.1. The van der Waals surface area contributed by atoms with E-state index >= 15 is 0 Å². The monoisotopic (exact) mass is 328 g/mol. The highest BCUT2D eigenvalue weighted by Gasteiger charge is 2.36. The number of carbonyl (C=O) groups excluding carboxylic acids is 2. The Kier molecular flexibility index (Phi) is 7.00. The zero-order valence-corrected chi connectivity index (χ0v) is 14.2. The molecular weight excluding hydrogens is 300 g/mol. The van der Waals surface area contributed by atoms with Gasteiger partial charge < -0.3 is 20.5 Å². The number of nitrogens with one attached hydrogen (secondary N) is 2. The van der Waals surface area contributed by atoms with Crippen LogP contribution in [0.1, 0.15) is 52.9 Å². The van der Waals surface area contributed by atoms with E-state index in [1.54, 1.807) is 0 Å². The number of aliphatic carboxylic acids is 1. The molecule has 23 heavy (non-hydrogen) atoms. The first-order valence-electron chi connectivity index (χ1n) is 8.03. The van der Waals surface area contributed by atoms with E-state index in [-0.39, 0.29) is 24.7 Å². The van der Waals surface area contributed by atoms with Crippen molar-refractivity contribution in [3.63, 3.8) is 0 Å². The molecule has 0 spiro atoms. The first kappa shape index (κ1) is 19.4. The molecule has 0 unspecified atom stereocenters. The summed E-state index contributed by atoms with van der Waals surface area (Å²) < 4.78 is 5.25. The van der Waals surface area contributed by atoms with Crippen molar-refractivity contribution in [2.24, 2.45) is 5.41 Å². The average Bonchev–Trinajstić information content (AvgIpc) is 2.42. The van der Waals surface area contributed by atoms with Gasteiger partial charge in [0, 0.05) is 31.6 Å². The van der Waals surface area contributed by atoms with Gasteiger partial charge in [-0.2, -0.15) is 0 Å². The van der Waals surface area contributed by atoms with E-state index in [0.717, 1.165) is 0 Å². The fraction of sp³-hybridized carbons (Fsp3) is 0.812. The second-order valence-corrected chi connectivity index (χ2v) is 7.12. The fourth-order valence-corrected chi connectivity index (χ4v) is 2.47. The van der Waals surface area contributed by atoms with Gasteiger partial charge in [0.2, 0.25) is 11.8 Å². The van der Waals surface area contributed by atoms with Crippen molar-refractivity contribution in [3.8, 4) is 0 Å². The standard InChI is InChI=1S/C16H28N2O5/c1-15(2,3)14(22)17-8-4-5-12(19)18-16(11-13(20)21)6-9-23-10-7-16/h4-11H2,1-3H3,(H,17,22)(H,18,19)(H,20,21). The second kappa shape index (κ2) is 8.29. The fourth-order valence-electron chi connectivity index (χ4n) is 2.47. The van der Waals surface area contributed by atoms with Gasteiger partial charge in [0.25, 0.3) is 0 Å². The van der Waals surface area contributed by atoms with Crippen molar-refractivity contribution >= 4 is 17.8 Å². The summed E-state index contributed by atoms with van der Waals surface area (Å²) in [6, 6.07) is 0. The van der Waals surface area contributed by atoms with Gasteiger partial charge in [-0.25, -0.2) is 0 Å². The Hall–Kier alpha value is -1.63. The molecule has 1 aliphatic heterocycles. The Morgan fingerprint density at radius 3 is 2.30 bits per heavy atom. The zero-order chi connectivity index (χ0) is 17.5. The molecule has 0 radical (unpaired) electrons. The molecule has 1 heterocycles. The van der Waals surface area contributed by atoms with Crippen LogP contribution in [0.25, 0.3) is 0 Å². The molecule has 1 fully saturated rings. The van der Waals surface area contributed by atoms with Crippen molar-refractivity contribution in [2.45, 2.75) is 58.4 Å². The van der Waals surface area contributed by atoms with E-state index in [4.69, 9.17) is 9.84 Å². The van der Waals surface area contributed by atoms with Gasteiger partial charge in [-0.15, -0.1) is 0 Å². The summed E-state index contributed by atoms with van der Waals surface area (Å²) in [7, 11) is 0. The number of hydrogen-bond donors (Lipinski definition) is 3. The van der Waals surface area contributed by atoms with Gasteiger partial charge in [-0.1, -0.05) is 20.8 Å². The highest BCUT2D eigenvalue weighted by molar-refractivity contribution is 5.81. The van der Waals surface area contributed by atoms with E-state index < -0.39 is 16.9 Å². The summed E-state index contributed by atoms with van der Waals surface area (Å²) in [5.41, 5.74) is -1.16.